The monoisotopic (exact) mass is 1040 g/mol. The van der Waals surface area contributed by atoms with E-state index in [1.165, 1.54) is 128 Å². The number of carbonyl (C=O) groups is 2. The molecular formula is C58H103O13P. The fourth-order valence-corrected chi connectivity index (χ4v) is 9.58. The molecule has 0 amide bonds. The molecule has 0 aromatic carbocycles. The van der Waals surface area contributed by atoms with E-state index in [2.05, 4.69) is 74.6 Å². The predicted molar refractivity (Wildman–Crippen MR) is 290 cm³/mol. The molecule has 6 atom stereocenters. The van der Waals surface area contributed by atoms with Gasteiger partial charge >= 0.3 is 19.8 Å². The second-order valence-electron chi connectivity index (χ2n) is 19.8. The SMILES string of the molecule is CC/C=C\C/C=C\C/C=C\C/C=C\C/C=C\CCCCCC(=O)OC(COC(=O)CCCCCCCCCCCCCCCCCCCCCCCCCC)COP(=O)(O)OC1C(O)C(O)C(O)C(O)C1O. The third kappa shape index (κ3) is 38.2. The van der Waals surface area contributed by atoms with Crippen molar-refractivity contribution >= 4 is 19.8 Å². The molecule has 0 aromatic heterocycles. The molecule has 0 heterocycles. The first-order chi connectivity index (χ1) is 34.9. The average Bonchev–Trinajstić information content (AvgIpc) is 3.36. The van der Waals surface area contributed by atoms with E-state index >= 15 is 0 Å². The Morgan fingerprint density at radius 3 is 1.21 bits per heavy atom. The molecule has 1 saturated carbocycles. The minimum Gasteiger partial charge on any atom is -0.462 e. The van der Waals surface area contributed by atoms with Crippen LogP contribution in [0.1, 0.15) is 239 Å². The van der Waals surface area contributed by atoms with Crippen molar-refractivity contribution in [3.63, 3.8) is 0 Å². The summed E-state index contributed by atoms with van der Waals surface area (Å²) in [6.07, 6.45) is 47.0. The van der Waals surface area contributed by atoms with Crippen molar-refractivity contribution in [2.75, 3.05) is 13.2 Å². The van der Waals surface area contributed by atoms with Crippen molar-refractivity contribution in [3.05, 3.63) is 60.8 Å². The summed E-state index contributed by atoms with van der Waals surface area (Å²) in [4.78, 5) is 35.9. The van der Waals surface area contributed by atoms with Gasteiger partial charge in [0.25, 0.3) is 0 Å². The van der Waals surface area contributed by atoms with E-state index in [0.29, 0.717) is 12.8 Å². The molecule has 6 unspecified atom stereocenters. The molecule has 0 radical (unpaired) electrons. The van der Waals surface area contributed by atoms with Gasteiger partial charge in [0.1, 0.15) is 43.2 Å². The number of hydrogen-bond donors (Lipinski definition) is 6. The lowest BCUT2D eigenvalue weighted by molar-refractivity contribution is -0.220. The summed E-state index contributed by atoms with van der Waals surface area (Å²) in [5.41, 5.74) is 0. The van der Waals surface area contributed by atoms with Gasteiger partial charge in [-0.25, -0.2) is 4.57 Å². The van der Waals surface area contributed by atoms with E-state index in [1.54, 1.807) is 0 Å². The number of esters is 2. The molecule has 0 bridgehead atoms. The summed E-state index contributed by atoms with van der Waals surface area (Å²) in [6.45, 7) is 3.20. The van der Waals surface area contributed by atoms with Crippen molar-refractivity contribution in [1.82, 2.24) is 0 Å². The van der Waals surface area contributed by atoms with Crippen molar-refractivity contribution in [1.29, 1.82) is 0 Å². The van der Waals surface area contributed by atoms with E-state index in [4.69, 9.17) is 18.5 Å². The van der Waals surface area contributed by atoms with Gasteiger partial charge in [0.2, 0.25) is 0 Å². The van der Waals surface area contributed by atoms with Crippen LogP contribution < -0.4 is 0 Å². The highest BCUT2D eigenvalue weighted by Gasteiger charge is 2.51. The van der Waals surface area contributed by atoms with Crippen LogP contribution in [-0.2, 0) is 32.7 Å². The number of unbranched alkanes of at least 4 members (excludes halogenated alkanes) is 26. The van der Waals surface area contributed by atoms with Gasteiger partial charge in [0, 0.05) is 12.8 Å². The number of phosphoric acid groups is 1. The Kier molecular flexibility index (Phi) is 44.1. The highest BCUT2D eigenvalue weighted by molar-refractivity contribution is 7.47. The molecule has 0 aliphatic heterocycles. The third-order valence-corrected chi connectivity index (χ3v) is 14.1. The van der Waals surface area contributed by atoms with Gasteiger partial charge in [-0.2, -0.15) is 0 Å². The summed E-state index contributed by atoms with van der Waals surface area (Å²) in [5.74, 6) is -1.13. The zero-order valence-electron chi connectivity index (χ0n) is 45.0. The lowest BCUT2D eigenvalue weighted by Gasteiger charge is -2.41. The van der Waals surface area contributed by atoms with Gasteiger partial charge in [-0.3, -0.25) is 18.6 Å². The van der Waals surface area contributed by atoms with E-state index in [0.717, 1.165) is 70.6 Å². The number of aliphatic hydroxyl groups excluding tert-OH is 5. The zero-order valence-corrected chi connectivity index (χ0v) is 45.9. The summed E-state index contributed by atoms with van der Waals surface area (Å²) < 4.78 is 33.7. The third-order valence-electron chi connectivity index (χ3n) is 13.1. The first kappa shape index (κ1) is 67.6. The average molecular weight is 1040 g/mol. The second kappa shape index (κ2) is 47.0. The standard InChI is InChI=1S/C58H103O13P/c1-3-5-7-9-11-13-15-17-19-21-23-24-25-26-27-29-30-32-34-36-38-40-42-44-46-51(59)68-48-50(49-69-72(66,67)71-58-56(64)54(62)53(61)55(63)57(58)65)70-52(60)47-45-43-41-39-37-35-33-31-28-22-20-18-16-14-12-10-8-6-4-2/h6,8,12,14,18,20,28,31,35,37,50,53-58,61-65H,3-5,7,9-11,13,15-17,19,21-27,29-30,32-34,36,38-49H2,1-2H3,(H,66,67)/b8-6-,14-12-,20-18-,31-28-,37-35-. The van der Waals surface area contributed by atoms with Crippen molar-refractivity contribution in [3.8, 4) is 0 Å². The Balaban J connectivity index is 2.34. The van der Waals surface area contributed by atoms with Gasteiger partial charge in [-0.1, -0.05) is 229 Å². The number of phosphoric ester groups is 1. The number of rotatable bonds is 48. The minimum atomic E-state index is -5.14. The van der Waals surface area contributed by atoms with Crippen LogP contribution in [0, 0.1) is 0 Å². The number of aliphatic hydroxyl groups is 5. The molecule has 1 rings (SSSR count). The number of allylic oxidation sites excluding steroid dienone is 10. The van der Waals surface area contributed by atoms with Crippen LogP contribution in [0.25, 0.3) is 0 Å². The first-order valence-corrected chi connectivity index (χ1v) is 30.1. The highest BCUT2D eigenvalue weighted by Crippen LogP contribution is 2.47. The highest BCUT2D eigenvalue weighted by atomic mass is 31.2. The number of ether oxygens (including phenoxy) is 2. The van der Waals surface area contributed by atoms with Gasteiger partial charge in [0.05, 0.1) is 6.61 Å². The molecule has 0 aromatic rings. The van der Waals surface area contributed by atoms with E-state index in [1.807, 2.05) is 0 Å². The normalized spacial score (nSPS) is 20.9. The number of hydrogen-bond acceptors (Lipinski definition) is 12. The molecule has 14 heteroatoms. The van der Waals surface area contributed by atoms with Crippen LogP contribution in [-0.4, -0.2) is 98.3 Å². The number of carbonyl (C=O) groups excluding carboxylic acids is 2. The molecule has 418 valence electrons. The van der Waals surface area contributed by atoms with E-state index in [9.17, 15) is 44.6 Å². The van der Waals surface area contributed by atoms with Crippen LogP contribution in [0.4, 0.5) is 0 Å². The van der Waals surface area contributed by atoms with Crippen LogP contribution in [0.5, 0.6) is 0 Å². The lowest BCUT2D eigenvalue weighted by atomic mass is 9.85. The smallest absolute Gasteiger partial charge is 0.462 e. The quantitative estimate of drug-likeness (QED) is 0.0145. The maximum Gasteiger partial charge on any atom is 0.472 e. The van der Waals surface area contributed by atoms with Crippen LogP contribution in [0.3, 0.4) is 0 Å². The maximum absolute atomic E-state index is 12.9. The molecule has 0 saturated heterocycles. The molecular weight excluding hydrogens is 936 g/mol. The topological polar surface area (TPSA) is 210 Å². The molecule has 13 nitrogen and oxygen atoms in total. The van der Waals surface area contributed by atoms with Crippen molar-refractivity contribution in [2.24, 2.45) is 0 Å². The zero-order chi connectivity index (χ0) is 52.8. The van der Waals surface area contributed by atoms with Crippen LogP contribution in [0.2, 0.25) is 0 Å². The summed E-state index contributed by atoms with van der Waals surface area (Å²) in [7, 11) is -5.14. The van der Waals surface area contributed by atoms with E-state index in [-0.39, 0.29) is 12.8 Å². The van der Waals surface area contributed by atoms with Crippen molar-refractivity contribution in [2.45, 2.75) is 281 Å². The van der Waals surface area contributed by atoms with Crippen LogP contribution >= 0.6 is 7.82 Å². The Hall–Kier alpha value is -2.45. The fraction of sp³-hybridized carbons (Fsp3) is 0.793. The molecule has 6 N–H and O–H groups in total. The Morgan fingerprint density at radius 1 is 0.444 bits per heavy atom. The van der Waals surface area contributed by atoms with Gasteiger partial charge in [-0.15, -0.1) is 0 Å². The predicted octanol–water partition coefficient (Wildman–Crippen LogP) is 13.2. The summed E-state index contributed by atoms with van der Waals surface area (Å²) in [6, 6.07) is 0. The Bertz CT molecular complexity index is 1480. The lowest BCUT2D eigenvalue weighted by Crippen LogP contribution is -2.64. The molecule has 1 aliphatic rings. The largest absolute Gasteiger partial charge is 0.472 e. The van der Waals surface area contributed by atoms with Gasteiger partial charge < -0.3 is 39.9 Å². The molecule has 1 fully saturated rings. The first-order valence-electron chi connectivity index (χ1n) is 28.6. The molecule has 0 spiro atoms. The van der Waals surface area contributed by atoms with Gasteiger partial charge in [-0.05, 0) is 57.8 Å². The van der Waals surface area contributed by atoms with E-state index < -0.39 is 75.7 Å². The Labute approximate surface area is 436 Å². The summed E-state index contributed by atoms with van der Waals surface area (Å²) in [5, 5.41) is 50.4. The van der Waals surface area contributed by atoms with Crippen molar-refractivity contribution < 1.29 is 63.1 Å². The molecule has 1 aliphatic carbocycles. The maximum atomic E-state index is 12.9. The Morgan fingerprint density at radius 2 is 0.792 bits per heavy atom. The fourth-order valence-electron chi connectivity index (χ4n) is 8.61. The van der Waals surface area contributed by atoms with Crippen LogP contribution in [0.15, 0.2) is 60.8 Å². The minimum absolute atomic E-state index is 0.0570. The van der Waals surface area contributed by atoms with Gasteiger partial charge in [0.15, 0.2) is 6.10 Å². The summed E-state index contributed by atoms with van der Waals surface area (Å²) >= 11 is 0. The molecule has 72 heavy (non-hydrogen) atoms. The second-order valence-corrected chi connectivity index (χ2v) is 21.2.